The first-order chi connectivity index (χ1) is 9.91. The quantitative estimate of drug-likeness (QED) is 0.822. The lowest BCUT2D eigenvalue weighted by Crippen LogP contribution is -2.37. The van der Waals surface area contributed by atoms with Gasteiger partial charge in [-0.1, -0.05) is 12.2 Å². The lowest BCUT2D eigenvalue weighted by Gasteiger charge is -2.24. The second kappa shape index (κ2) is 6.70. The van der Waals surface area contributed by atoms with Crippen LogP contribution in [0.15, 0.2) is 16.6 Å². The van der Waals surface area contributed by atoms with Crippen LogP contribution in [-0.4, -0.2) is 42.5 Å². The molecule has 2 N–H and O–H groups in total. The Morgan fingerprint density at radius 1 is 1.48 bits per heavy atom. The van der Waals surface area contributed by atoms with Gasteiger partial charge in [-0.2, -0.15) is 0 Å². The van der Waals surface area contributed by atoms with Gasteiger partial charge in [0.1, 0.15) is 4.99 Å². The van der Waals surface area contributed by atoms with Crippen LogP contribution < -0.4 is 10.6 Å². The number of benzene rings is 1. The zero-order chi connectivity index (χ0) is 15.6. The van der Waals surface area contributed by atoms with Gasteiger partial charge in [0.15, 0.2) is 5.82 Å². The molecular formula is C14H17BrFN3OS. The van der Waals surface area contributed by atoms with Crippen molar-refractivity contribution in [2.45, 2.75) is 12.8 Å². The lowest BCUT2D eigenvalue weighted by molar-refractivity contribution is -0.128. The number of likely N-dealkylation sites (tertiary alicyclic amines) is 1. The minimum atomic E-state index is -0.461. The molecule has 2 rings (SSSR count). The number of likely N-dealkylation sites (N-methyl/N-ethyl adjacent to an activating group) is 1. The lowest BCUT2D eigenvalue weighted by atomic mass is 10.2. The maximum absolute atomic E-state index is 14.4. The van der Waals surface area contributed by atoms with E-state index in [-0.39, 0.29) is 21.9 Å². The smallest absolute Gasteiger partial charge is 0.242 e. The molecule has 114 valence electrons. The van der Waals surface area contributed by atoms with Crippen LogP contribution in [0.5, 0.6) is 0 Å². The molecule has 1 aliphatic heterocycles. The van der Waals surface area contributed by atoms with E-state index >= 15 is 0 Å². The number of anilines is 1. The molecule has 1 heterocycles. The van der Waals surface area contributed by atoms with Gasteiger partial charge in [-0.05, 0) is 40.9 Å². The highest BCUT2D eigenvalue weighted by molar-refractivity contribution is 9.10. The SMILES string of the molecule is CN(CC(=O)N1CCCC1)c1ccc(C(N)=S)c(Br)c1F. The number of amides is 1. The van der Waals surface area contributed by atoms with Gasteiger partial charge < -0.3 is 15.5 Å². The first-order valence-corrected chi connectivity index (χ1v) is 7.88. The first-order valence-electron chi connectivity index (χ1n) is 6.68. The molecule has 1 aromatic rings. The molecule has 0 bridgehead atoms. The van der Waals surface area contributed by atoms with Crippen molar-refractivity contribution in [2.24, 2.45) is 5.73 Å². The highest BCUT2D eigenvalue weighted by atomic mass is 79.9. The van der Waals surface area contributed by atoms with E-state index < -0.39 is 5.82 Å². The standard InChI is InChI=1S/C14H17BrFN3OS/c1-18(8-11(20)19-6-2-3-7-19)10-5-4-9(14(17)21)12(15)13(10)16/h4-5H,2-3,6-8H2,1H3,(H2,17,21). The molecule has 0 aliphatic carbocycles. The molecule has 0 atom stereocenters. The van der Waals surface area contributed by atoms with Crippen molar-refractivity contribution in [2.75, 3.05) is 31.6 Å². The summed E-state index contributed by atoms with van der Waals surface area (Å²) in [6.45, 7) is 1.73. The van der Waals surface area contributed by atoms with E-state index in [4.69, 9.17) is 18.0 Å². The van der Waals surface area contributed by atoms with Gasteiger partial charge in [-0.3, -0.25) is 4.79 Å². The van der Waals surface area contributed by atoms with E-state index in [0.717, 1.165) is 25.9 Å². The van der Waals surface area contributed by atoms with Crippen LogP contribution >= 0.6 is 28.1 Å². The number of nitrogens with two attached hydrogens (primary N) is 1. The number of hydrogen-bond acceptors (Lipinski definition) is 3. The third-order valence-corrected chi connectivity index (χ3v) is 4.57. The second-order valence-electron chi connectivity index (χ2n) is 5.07. The van der Waals surface area contributed by atoms with E-state index in [1.165, 1.54) is 0 Å². The molecule has 0 spiro atoms. The Labute approximate surface area is 137 Å². The topological polar surface area (TPSA) is 49.6 Å². The summed E-state index contributed by atoms with van der Waals surface area (Å²) in [5, 5.41) is 0. The summed E-state index contributed by atoms with van der Waals surface area (Å²) >= 11 is 8.04. The molecule has 0 aromatic heterocycles. The predicted molar refractivity (Wildman–Crippen MR) is 89.1 cm³/mol. The Kier molecular flexibility index (Phi) is 5.16. The first kappa shape index (κ1) is 16.2. The molecule has 7 heteroatoms. The van der Waals surface area contributed by atoms with Crippen molar-refractivity contribution >= 4 is 44.7 Å². The Hall–Kier alpha value is -1.21. The van der Waals surface area contributed by atoms with E-state index in [1.54, 1.807) is 24.1 Å². The van der Waals surface area contributed by atoms with Crippen molar-refractivity contribution in [1.29, 1.82) is 0 Å². The van der Waals surface area contributed by atoms with Crippen molar-refractivity contribution in [1.82, 2.24) is 4.90 Å². The normalized spacial score (nSPS) is 14.3. The molecule has 0 radical (unpaired) electrons. The zero-order valence-corrected chi connectivity index (χ0v) is 14.1. The molecule has 1 fully saturated rings. The molecule has 4 nitrogen and oxygen atoms in total. The van der Waals surface area contributed by atoms with Gasteiger partial charge in [0.25, 0.3) is 0 Å². The summed E-state index contributed by atoms with van der Waals surface area (Å²) in [6.07, 6.45) is 2.08. The number of hydrogen-bond donors (Lipinski definition) is 1. The van der Waals surface area contributed by atoms with Gasteiger partial charge >= 0.3 is 0 Å². The molecule has 21 heavy (non-hydrogen) atoms. The third kappa shape index (κ3) is 3.52. The average Bonchev–Trinajstić information content (AvgIpc) is 2.95. The Morgan fingerprint density at radius 2 is 2.10 bits per heavy atom. The van der Waals surface area contributed by atoms with Gasteiger partial charge in [0, 0.05) is 25.7 Å². The number of carbonyl (C=O) groups is 1. The van der Waals surface area contributed by atoms with Gasteiger partial charge in [-0.25, -0.2) is 4.39 Å². The Morgan fingerprint density at radius 3 is 2.67 bits per heavy atom. The largest absolute Gasteiger partial charge is 0.389 e. The van der Waals surface area contributed by atoms with Gasteiger partial charge in [0.2, 0.25) is 5.91 Å². The van der Waals surface area contributed by atoms with Crippen molar-refractivity contribution in [3.05, 3.63) is 28.0 Å². The summed E-state index contributed by atoms with van der Waals surface area (Å²) in [5.41, 5.74) is 6.33. The predicted octanol–water partition coefficient (Wildman–Crippen LogP) is 2.28. The fraction of sp³-hybridized carbons (Fsp3) is 0.429. The molecule has 1 aromatic carbocycles. The van der Waals surface area contributed by atoms with Gasteiger partial charge in [0.05, 0.1) is 16.7 Å². The monoisotopic (exact) mass is 373 g/mol. The molecular weight excluding hydrogens is 357 g/mol. The number of halogens is 2. The molecule has 1 aliphatic rings. The van der Waals surface area contributed by atoms with Crippen molar-refractivity contribution in [3.63, 3.8) is 0 Å². The minimum absolute atomic E-state index is 0.0175. The highest BCUT2D eigenvalue weighted by Gasteiger charge is 2.21. The van der Waals surface area contributed by atoms with E-state index in [0.29, 0.717) is 11.3 Å². The number of rotatable bonds is 4. The molecule has 0 saturated carbocycles. The van der Waals surface area contributed by atoms with Crippen LogP contribution in [-0.2, 0) is 4.79 Å². The van der Waals surface area contributed by atoms with Crippen LogP contribution in [0, 0.1) is 5.82 Å². The summed E-state index contributed by atoms with van der Waals surface area (Å²) in [4.78, 5) is 15.7. The fourth-order valence-electron chi connectivity index (χ4n) is 2.38. The number of carbonyl (C=O) groups excluding carboxylic acids is 1. The summed E-state index contributed by atoms with van der Waals surface area (Å²) in [7, 11) is 1.69. The molecule has 1 amide bonds. The Bertz CT molecular complexity index is 576. The van der Waals surface area contributed by atoms with E-state index in [9.17, 15) is 9.18 Å². The van der Waals surface area contributed by atoms with E-state index in [2.05, 4.69) is 15.9 Å². The number of thiocarbonyl (C=S) groups is 1. The maximum atomic E-state index is 14.4. The minimum Gasteiger partial charge on any atom is -0.389 e. The van der Waals surface area contributed by atoms with Gasteiger partial charge in [-0.15, -0.1) is 0 Å². The molecule has 1 saturated heterocycles. The fourth-order valence-corrected chi connectivity index (χ4v) is 3.23. The van der Waals surface area contributed by atoms with Crippen LogP contribution in [0.2, 0.25) is 0 Å². The summed E-state index contributed by atoms with van der Waals surface area (Å²) in [5.74, 6) is -0.444. The van der Waals surface area contributed by atoms with Crippen LogP contribution in [0.25, 0.3) is 0 Å². The second-order valence-corrected chi connectivity index (χ2v) is 6.30. The third-order valence-electron chi connectivity index (χ3n) is 3.57. The molecule has 0 unspecified atom stereocenters. The van der Waals surface area contributed by atoms with Crippen molar-refractivity contribution < 1.29 is 9.18 Å². The van der Waals surface area contributed by atoms with Crippen molar-refractivity contribution in [3.8, 4) is 0 Å². The van der Waals surface area contributed by atoms with Crippen LogP contribution in [0.4, 0.5) is 10.1 Å². The Balaban J connectivity index is 2.15. The summed E-state index contributed by atoms with van der Waals surface area (Å²) in [6, 6.07) is 3.24. The van der Waals surface area contributed by atoms with Crippen LogP contribution in [0.1, 0.15) is 18.4 Å². The van der Waals surface area contributed by atoms with E-state index in [1.807, 2.05) is 4.90 Å². The summed E-state index contributed by atoms with van der Waals surface area (Å²) < 4.78 is 14.6. The zero-order valence-electron chi connectivity index (χ0n) is 11.7. The average molecular weight is 374 g/mol. The number of nitrogens with zero attached hydrogens (tertiary/aromatic N) is 2. The highest BCUT2D eigenvalue weighted by Crippen LogP contribution is 2.29. The maximum Gasteiger partial charge on any atom is 0.242 e. The van der Waals surface area contributed by atoms with Crippen LogP contribution in [0.3, 0.4) is 0 Å².